The summed E-state index contributed by atoms with van der Waals surface area (Å²) in [4.78, 5) is 24.5. The average Bonchev–Trinajstić information content (AvgIpc) is 3.29. The Morgan fingerprint density at radius 3 is 2.73 bits per heavy atom. The van der Waals surface area contributed by atoms with E-state index in [0.29, 0.717) is 31.2 Å². The van der Waals surface area contributed by atoms with Crippen molar-refractivity contribution in [2.45, 2.75) is 38.3 Å². The number of anilines is 1. The molecule has 1 aromatic carbocycles. The summed E-state index contributed by atoms with van der Waals surface area (Å²) in [6, 6.07) is 13.5. The molecule has 0 aliphatic heterocycles. The number of hydrogen-bond donors (Lipinski definition) is 2. The molecule has 168 valence electrons. The largest absolute Gasteiger partial charge is 0.487 e. The lowest BCUT2D eigenvalue weighted by molar-refractivity contribution is -0.142. The van der Waals surface area contributed by atoms with Crippen molar-refractivity contribution in [1.29, 1.82) is 0 Å². The highest BCUT2D eigenvalue weighted by Crippen LogP contribution is 2.28. The van der Waals surface area contributed by atoms with E-state index < -0.39 is 5.97 Å². The number of rotatable bonds is 7. The molecule has 9 heteroatoms. The molecule has 0 bridgehead atoms. The number of carboxylic acids is 1. The highest BCUT2D eigenvalue weighted by molar-refractivity contribution is 5.86. The van der Waals surface area contributed by atoms with Crippen molar-refractivity contribution < 1.29 is 14.6 Å². The molecule has 1 aliphatic carbocycles. The van der Waals surface area contributed by atoms with Crippen molar-refractivity contribution in [3.05, 3.63) is 66.7 Å². The lowest BCUT2D eigenvalue weighted by Gasteiger charge is -2.26. The monoisotopic (exact) mass is 444 g/mol. The smallest absolute Gasteiger partial charge is 0.306 e. The van der Waals surface area contributed by atoms with Crippen LogP contribution in [0.15, 0.2) is 61.1 Å². The average molecular weight is 444 g/mol. The van der Waals surface area contributed by atoms with Crippen LogP contribution >= 0.6 is 0 Å². The van der Waals surface area contributed by atoms with Crippen molar-refractivity contribution in [2.75, 3.05) is 5.32 Å². The van der Waals surface area contributed by atoms with Gasteiger partial charge >= 0.3 is 5.97 Å². The zero-order valence-corrected chi connectivity index (χ0v) is 18.0. The molecule has 0 radical (unpaired) electrons. The second-order valence-electron chi connectivity index (χ2n) is 8.12. The lowest BCUT2D eigenvalue weighted by atomic mass is 9.86. The molecule has 4 aromatic rings. The van der Waals surface area contributed by atoms with E-state index in [2.05, 4.69) is 25.4 Å². The summed E-state index contributed by atoms with van der Waals surface area (Å²) in [5.74, 6) is 0.925. The van der Waals surface area contributed by atoms with Gasteiger partial charge in [0.2, 0.25) is 5.95 Å². The van der Waals surface area contributed by atoms with Gasteiger partial charge in [-0.05, 0) is 49.9 Å². The van der Waals surface area contributed by atoms with Gasteiger partial charge in [0.1, 0.15) is 12.4 Å². The van der Waals surface area contributed by atoms with Crippen molar-refractivity contribution >= 4 is 22.8 Å². The number of aromatic nitrogens is 5. The standard InChI is InChI=1S/C24H24N6O3/c31-23(32)16-7-9-17(10-8-16)28-24-26-13-11-22(29-24)30-20-5-3-6-21(19(20)14-27-30)33-15-18-4-1-2-12-25-18/h1-6,11-14,16-17H,7-10,15H2,(H,31,32)(H,26,28,29). The van der Waals surface area contributed by atoms with E-state index in [-0.39, 0.29) is 12.0 Å². The maximum atomic E-state index is 11.2. The van der Waals surface area contributed by atoms with Crippen molar-refractivity contribution in [1.82, 2.24) is 24.7 Å². The van der Waals surface area contributed by atoms with Gasteiger partial charge in [-0.15, -0.1) is 0 Å². The molecule has 2 N–H and O–H groups in total. The second-order valence-corrected chi connectivity index (χ2v) is 8.12. The predicted octanol–water partition coefficient (Wildman–Crippen LogP) is 3.84. The first-order valence-electron chi connectivity index (χ1n) is 11.0. The Morgan fingerprint density at radius 1 is 1.06 bits per heavy atom. The van der Waals surface area contributed by atoms with Crippen LogP contribution in [0.5, 0.6) is 5.75 Å². The Balaban J connectivity index is 1.33. The van der Waals surface area contributed by atoms with E-state index in [0.717, 1.165) is 35.2 Å². The molecule has 0 saturated heterocycles. The van der Waals surface area contributed by atoms with Gasteiger partial charge in [-0.2, -0.15) is 10.1 Å². The van der Waals surface area contributed by atoms with E-state index in [1.807, 2.05) is 36.4 Å². The summed E-state index contributed by atoms with van der Waals surface area (Å²) < 4.78 is 7.76. The summed E-state index contributed by atoms with van der Waals surface area (Å²) in [6.07, 6.45) is 8.11. The van der Waals surface area contributed by atoms with Crippen LogP contribution < -0.4 is 10.1 Å². The summed E-state index contributed by atoms with van der Waals surface area (Å²) in [5.41, 5.74) is 1.73. The Kier molecular flexibility index (Phi) is 5.84. The van der Waals surface area contributed by atoms with E-state index >= 15 is 0 Å². The SMILES string of the molecule is O=C(O)C1CCC(Nc2nccc(-n3ncc4c(OCc5ccccn5)cccc43)n2)CC1. The number of nitrogens with one attached hydrogen (secondary N) is 1. The fourth-order valence-corrected chi connectivity index (χ4v) is 4.17. The van der Waals surface area contributed by atoms with Gasteiger partial charge in [-0.1, -0.05) is 12.1 Å². The van der Waals surface area contributed by atoms with Crippen LogP contribution in [0.3, 0.4) is 0 Å². The molecule has 5 rings (SSSR count). The fourth-order valence-electron chi connectivity index (χ4n) is 4.17. The normalized spacial score (nSPS) is 18.2. The van der Waals surface area contributed by atoms with Gasteiger partial charge in [0.25, 0.3) is 0 Å². The van der Waals surface area contributed by atoms with Gasteiger partial charge < -0.3 is 15.2 Å². The van der Waals surface area contributed by atoms with Crippen molar-refractivity contribution in [2.24, 2.45) is 5.92 Å². The molecule has 0 amide bonds. The number of hydrogen-bond acceptors (Lipinski definition) is 7. The van der Waals surface area contributed by atoms with Crippen LogP contribution in [0.25, 0.3) is 16.7 Å². The third kappa shape index (κ3) is 4.62. The molecule has 3 heterocycles. The van der Waals surface area contributed by atoms with Gasteiger partial charge in [0, 0.05) is 24.5 Å². The lowest BCUT2D eigenvalue weighted by Crippen LogP contribution is -2.30. The number of ether oxygens (including phenoxy) is 1. The number of benzene rings is 1. The van der Waals surface area contributed by atoms with Crippen LogP contribution in [-0.2, 0) is 11.4 Å². The molecule has 3 aromatic heterocycles. The van der Waals surface area contributed by atoms with Crippen LogP contribution in [0.2, 0.25) is 0 Å². The van der Waals surface area contributed by atoms with Crippen molar-refractivity contribution in [3.8, 4) is 11.6 Å². The highest BCUT2D eigenvalue weighted by atomic mass is 16.5. The number of fused-ring (bicyclic) bond motifs is 1. The number of aliphatic carboxylic acids is 1. The second kappa shape index (κ2) is 9.23. The van der Waals surface area contributed by atoms with Crippen LogP contribution in [-0.4, -0.2) is 41.9 Å². The number of carboxylic acid groups (broad SMARTS) is 1. The van der Waals surface area contributed by atoms with Crippen molar-refractivity contribution in [3.63, 3.8) is 0 Å². The highest BCUT2D eigenvalue weighted by Gasteiger charge is 2.26. The molecule has 0 spiro atoms. The maximum absolute atomic E-state index is 11.2. The van der Waals surface area contributed by atoms with Crippen LogP contribution in [0.1, 0.15) is 31.4 Å². The summed E-state index contributed by atoms with van der Waals surface area (Å²) in [5, 5.41) is 18.0. The molecule has 9 nitrogen and oxygen atoms in total. The number of carbonyl (C=O) groups is 1. The minimum atomic E-state index is -0.708. The van der Waals surface area contributed by atoms with E-state index in [9.17, 15) is 9.90 Å². The zero-order chi connectivity index (χ0) is 22.6. The zero-order valence-electron chi connectivity index (χ0n) is 18.0. The molecule has 0 unspecified atom stereocenters. The van der Waals surface area contributed by atoms with Crippen LogP contribution in [0, 0.1) is 5.92 Å². The first kappa shape index (κ1) is 20.9. The summed E-state index contributed by atoms with van der Waals surface area (Å²) >= 11 is 0. The minimum Gasteiger partial charge on any atom is -0.487 e. The van der Waals surface area contributed by atoms with E-state index in [1.165, 1.54) is 0 Å². The molecule has 1 aliphatic rings. The quantitative estimate of drug-likeness (QED) is 0.442. The van der Waals surface area contributed by atoms with Gasteiger partial charge in [0.15, 0.2) is 5.82 Å². The molecule has 0 atom stereocenters. The Hall–Kier alpha value is -4.01. The van der Waals surface area contributed by atoms with E-state index in [4.69, 9.17) is 4.74 Å². The Labute approximate surface area is 190 Å². The number of pyridine rings is 1. The predicted molar refractivity (Wildman–Crippen MR) is 122 cm³/mol. The van der Waals surface area contributed by atoms with Crippen LogP contribution in [0.4, 0.5) is 5.95 Å². The molecule has 33 heavy (non-hydrogen) atoms. The molecular formula is C24H24N6O3. The van der Waals surface area contributed by atoms with Gasteiger partial charge in [-0.25, -0.2) is 9.67 Å². The number of nitrogens with zero attached hydrogens (tertiary/aromatic N) is 5. The Bertz CT molecular complexity index is 1250. The molecular weight excluding hydrogens is 420 g/mol. The first-order chi connectivity index (χ1) is 16.2. The molecule has 1 saturated carbocycles. The Morgan fingerprint density at radius 2 is 1.94 bits per heavy atom. The molecule has 1 fully saturated rings. The third-order valence-corrected chi connectivity index (χ3v) is 5.94. The van der Waals surface area contributed by atoms with Gasteiger partial charge in [-0.3, -0.25) is 9.78 Å². The van der Waals surface area contributed by atoms with E-state index in [1.54, 1.807) is 29.3 Å². The van der Waals surface area contributed by atoms with Gasteiger partial charge in [0.05, 0.1) is 28.7 Å². The maximum Gasteiger partial charge on any atom is 0.306 e. The first-order valence-corrected chi connectivity index (χ1v) is 11.0. The minimum absolute atomic E-state index is 0.164. The summed E-state index contributed by atoms with van der Waals surface area (Å²) in [7, 11) is 0. The fraction of sp³-hybridized carbons (Fsp3) is 0.292. The topological polar surface area (TPSA) is 115 Å². The summed E-state index contributed by atoms with van der Waals surface area (Å²) in [6.45, 7) is 0.372. The third-order valence-electron chi connectivity index (χ3n) is 5.94.